The van der Waals surface area contributed by atoms with Crippen LogP contribution in [0.4, 0.5) is 26.2 Å². The number of sulfonamides is 1. The molecule has 2 aromatic heterocycles. The molecule has 4 heterocycles. The maximum Gasteiger partial charge on any atom is 0.260 e. The highest BCUT2D eigenvalue weighted by Crippen LogP contribution is 2.31. The lowest BCUT2D eigenvalue weighted by Gasteiger charge is -2.20. The van der Waals surface area contributed by atoms with E-state index < -0.39 is 39.9 Å². The summed E-state index contributed by atoms with van der Waals surface area (Å²) in [6.45, 7) is 0.748. The Morgan fingerprint density at radius 1 is 1.28 bits per heavy atom. The van der Waals surface area contributed by atoms with Crippen molar-refractivity contribution in [2.24, 2.45) is 7.05 Å². The minimum Gasteiger partial charge on any atom is -0.371 e. The summed E-state index contributed by atoms with van der Waals surface area (Å²) in [4.78, 5) is 8.55. The molecule has 0 radical (unpaired) electrons. The summed E-state index contributed by atoms with van der Waals surface area (Å²) in [5.41, 5.74) is 0.803. The summed E-state index contributed by atoms with van der Waals surface area (Å²) < 4.78 is 65.9. The fourth-order valence-corrected chi connectivity index (χ4v) is 5.30. The molecule has 2 fully saturated rings. The van der Waals surface area contributed by atoms with Crippen LogP contribution in [0, 0.1) is 0 Å². The van der Waals surface area contributed by atoms with Crippen LogP contribution in [0.5, 0.6) is 0 Å². The average Bonchev–Trinajstić information content (AvgIpc) is 3.35. The number of ether oxygens (including phenoxy) is 2. The van der Waals surface area contributed by atoms with Gasteiger partial charge in [-0.3, -0.25) is 0 Å². The molecule has 0 saturated carbocycles. The van der Waals surface area contributed by atoms with E-state index in [2.05, 4.69) is 25.3 Å². The van der Waals surface area contributed by atoms with Crippen LogP contribution in [-0.2, 0) is 26.5 Å². The number of aromatic nitrogens is 3. The number of alkyl halides is 2. The minimum atomic E-state index is -4.21. The van der Waals surface area contributed by atoms with Gasteiger partial charge >= 0.3 is 0 Å². The molecule has 176 valence electrons. The Hall–Kier alpha value is -2.06. The van der Waals surface area contributed by atoms with Gasteiger partial charge in [0.2, 0.25) is 16.0 Å². The van der Waals surface area contributed by atoms with Crippen LogP contribution in [0.15, 0.2) is 24.7 Å². The quantitative estimate of drug-likeness (QED) is 0.510. The number of fused-ring (bicyclic) bond motifs is 1. The van der Waals surface area contributed by atoms with Crippen LogP contribution in [-0.4, -0.2) is 72.1 Å². The van der Waals surface area contributed by atoms with Crippen molar-refractivity contribution in [1.82, 2.24) is 19.3 Å². The Balaban J connectivity index is 1.41. The van der Waals surface area contributed by atoms with Crippen molar-refractivity contribution in [3.8, 4) is 0 Å². The molecule has 0 amide bonds. The number of aryl methyl sites for hydroxylation is 1. The fraction of sp³-hybridized carbons (Fsp3) is 0.556. The minimum absolute atomic E-state index is 0.000345. The number of anilines is 3. The van der Waals surface area contributed by atoms with Crippen molar-refractivity contribution >= 4 is 39.1 Å². The van der Waals surface area contributed by atoms with Crippen molar-refractivity contribution in [1.29, 1.82) is 0 Å². The maximum atomic E-state index is 13.2. The molecule has 2 aromatic rings. The second kappa shape index (κ2) is 8.71. The van der Waals surface area contributed by atoms with E-state index in [0.717, 1.165) is 5.69 Å². The molecular weight excluding hydrogens is 470 g/mol. The summed E-state index contributed by atoms with van der Waals surface area (Å²) in [7, 11) is -2.32. The lowest BCUT2D eigenvalue weighted by molar-refractivity contribution is 0.0466. The van der Waals surface area contributed by atoms with Crippen LogP contribution in [0.25, 0.3) is 0 Å². The molecule has 2 aliphatic rings. The van der Waals surface area contributed by atoms with Crippen LogP contribution in [0.2, 0.25) is 5.02 Å². The first-order chi connectivity index (χ1) is 15.0. The van der Waals surface area contributed by atoms with Gasteiger partial charge in [-0.1, -0.05) is 11.6 Å². The largest absolute Gasteiger partial charge is 0.371 e. The molecule has 14 heteroatoms. The Kier molecular flexibility index (Phi) is 6.29. The number of nitrogens with one attached hydrogen (secondary N) is 3. The zero-order valence-corrected chi connectivity index (χ0v) is 18.8. The molecule has 4 atom stereocenters. The third kappa shape index (κ3) is 5.46. The van der Waals surface area contributed by atoms with Crippen molar-refractivity contribution < 1.29 is 26.7 Å². The predicted octanol–water partition coefficient (Wildman–Crippen LogP) is 1.73. The van der Waals surface area contributed by atoms with Gasteiger partial charge in [-0.25, -0.2) is 26.9 Å². The third-order valence-electron chi connectivity index (χ3n) is 4.98. The SMILES string of the molecule is Cn1ccc(Nc2ncc(Cl)c(NC3COC4C(NS(=O)(=O)CC(C)(F)F)COC34)n2)c1. The topological polar surface area (TPSA) is 119 Å². The van der Waals surface area contributed by atoms with Gasteiger partial charge in [0.05, 0.1) is 37.2 Å². The van der Waals surface area contributed by atoms with E-state index in [9.17, 15) is 17.2 Å². The zero-order valence-electron chi connectivity index (χ0n) is 17.3. The van der Waals surface area contributed by atoms with Gasteiger partial charge in [0, 0.05) is 26.4 Å². The van der Waals surface area contributed by atoms with E-state index in [4.69, 9.17) is 21.1 Å². The van der Waals surface area contributed by atoms with E-state index in [1.54, 1.807) is 0 Å². The van der Waals surface area contributed by atoms with Gasteiger partial charge in [-0.15, -0.1) is 0 Å². The number of hydrogen-bond acceptors (Lipinski definition) is 8. The van der Waals surface area contributed by atoms with E-state index in [0.29, 0.717) is 18.7 Å². The van der Waals surface area contributed by atoms with Gasteiger partial charge < -0.3 is 24.7 Å². The number of hydrogen-bond donors (Lipinski definition) is 3. The van der Waals surface area contributed by atoms with Crippen molar-refractivity contribution in [2.75, 3.05) is 29.6 Å². The highest BCUT2D eigenvalue weighted by molar-refractivity contribution is 7.89. The van der Waals surface area contributed by atoms with Gasteiger partial charge in [-0.2, -0.15) is 4.98 Å². The highest BCUT2D eigenvalue weighted by atomic mass is 35.5. The molecule has 4 unspecified atom stereocenters. The van der Waals surface area contributed by atoms with Crippen molar-refractivity contribution in [3.63, 3.8) is 0 Å². The van der Waals surface area contributed by atoms with Gasteiger partial charge in [-0.05, 0) is 6.07 Å². The van der Waals surface area contributed by atoms with Gasteiger partial charge in [0.1, 0.15) is 23.0 Å². The van der Waals surface area contributed by atoms with E-state index in [-0.39, 0.29) is 24.3 Å². The smallest absolute Gasteiger partial charge is 0.260 e. The Morgan fingerprint density at radius 2 is 1.97 bits per heavy atom. The molecule has 0 bridgehead atoms. The summed E-state index contributed by atoms with van der Waals surface area (Å²) in [5, 5.41) is 6.52. The Labute approximate surface area is 188 Å². The highest BCUT2D eigenvalue weighted by Gasteiger charge is 2.49. The average molecular weight is 493 g/mol. The van der Waals surface area contributed by atoms with Crippen molar-refractivity contribution in [3.05, 3.63) is 29.7 Å². The molecule has 2 aliphatic heterocycles. The molecule has 0 aliphatic carbocycles. The third-order valence-corrected chi connectivity index (χ3v) is 6.81. The van der Waals surface area contributed by atoms with E-state index >= 15 is 0 Å². The van der Waals surface area contributed by atoms with E-state index in [1.165, 1.54) is 6.20 Å². The van der Waals surface area contributed by atoms with Gasteiger partial charge in [0.25, 0.3) is 5.92 Å². The van der Waals surface area contributed by atoms with Crippen LogP contribution < -0.4 is 15.4 Å². The normalized spacial score (nSPS) is 25.7. The fourth-order valence-electron chi connectivity index (χ4n) is 3.74. The second-order valence-corrected chi connectivity index (χ2v) is 10.1. The summed E-state index contributed by atoms with van der Waals surface area (Å²) in [5.74, 6) is -3.96. The lowest BCUT2D eigenvalue weighted by atomic mass is 10.1. The van der Waals surface area contributed by atoms with Gasteiger partial charge in [0.15, 0.2) is 5.82 Å². The molecule has 4 rings (SSSR count). The maximum absolute atomic E-state index is 13.2. The van der Waals surface area contributed by atoms with Crippen LogP contribution >= 0.6 is 11.6 Å². The first kappa shape index (κ1) is 23.1. The monoisotopic (exact) mass is 492 g/mol. The molecule has 10 nitrogen and oxygen atoms in total. The molecular formula is C18H23ClF2N6O4S. The summed E-state index contributed by atoms with van der Waals surface area (Å²) in [6.07, 6.45) is 4.04. The Bertz CT molecular complexity index is 1080. The number of halogens is 3. The number of rotatable bonds is 8. The predicted molar refractivity (Wildman–Crippen MR) is 114 cm³/mol. The summed E-state index contributed by atoms with van der Waals surface area (Å²) >= 11 is 6.24. The molecule has 3 N–H and O–H groups in total. The molecule has 0 spiro atoms. The molecule has 2 saturated heterocycles. The first-order valence-electron chi connectivity index (χ1n) is 9.78. The first-order valence-corrected chi connectivity index (χ1v) is 11.8. The zero-order chi connectivity index (χ0) is 23.1. The van der Waals surface area contributed by atoms with Crippen molar-refractivity contribution in [2.45, 2.75) is 37.1 Å². The molecule has 32 heavy (non-hydrogen) atoms. The standard InChI is InChI=1S/C18H23ClF2N6O4S/c1-18(20,21)9-32(28,29)26-13-8-31-14-12(7-30-15(13)14)24-16-11(19)5-22-17(25-16)23-10-3-4-27(2)6-10/h3-6,12-15,26H,7-9H2,1-2H3,(H2,22,23,24,25). The Morgan fingerprint density at radius 3 is 2.62 bits per heavy atom. The lowest BCUT2D eigenvalue weighted by Crippen LogP contribution is -2.47. The second-order valence-electron chi connectivity index (χ2n) is 7.98. The number of nitrogens with zero attached hydrogens (tertiary/aromatic N) is 3. The van der Waals surface area contributed by atoms with E-state index in [1.807, 2.05) is 30.1 Å². The van der Waals surface area contributed by atoms with Crippen LogP contribution in [0.3, 0.4) is 0 Å². The summed E-state index contributed by atoms with van der Waals surface area (Å²) in [6, 6.07) is 0.719. The molecule has 0 aromatic carbocycles. The van der Waals surface area contributed by atoms with Crippen LogP contribution in [0.1, 0.15) is 6.92 Å².